The average molecular weight is 279 g/mol. The summed E-state index contributed by atoms with van der Waals surface area (Å²) in [5, 5.41) is 3.45. The van der Waals surface area contributed by atoms with Crippen LogP contribution in [0.2, 0.25) is 0 Å². The molecule has 0 aliphatic heterocycles. The van der Waals surface area contributed by atoms with Crippen molar-refractivity contribution in [3.63, 3.8) is 0 Å². The first-order valence-electron chi connectivity index (χ1n) is 7.23. The summed E-state index contributed by atoms with van der Waals surface area (Å²) in [4.78, 5) is 0. The van der Waals surface area contributed by atoms with Crippen LogP contribution in [-0.4, -0.2) is 17.8 Å². The summed E-state index contributed by atoms with van der Waals surface area (Å²) in [7, 11) is 0. The van der Waals surface area contributed by atoms with Crippen LogP contribution in [0.15, 0.2) is 0 Å². The Morgan fingerprint density at radius 2 is 1.58 bits per heavy atom. The van der Waals surface area contributed by atoms with Crippen molar-refractivity contribution in [3.05, 3.63) is 0 Å². The van der Waals surface area contributed by atoms with E-state index in [1.54, 1.807) is 0 Å². The molecule has 0 amide bonds. The summed E-state index contributed by atoms with van der Waals surface area (Å²) in [6, 6.07) is -0.00211. The normalized spacial score (nSPS) is 26.5. The van der Waals surface area contributed by atoms with Gasteiger partial charge in [0.1, 0.15) is 0 Å². The lowest BCUT2D eigenvalue weighted by Crippen LogP contribution is -2.50. The zero-order chi connectivity index (χ0) is 14.9. The Morgan fingerprint density at radius 3 is 2.05 bits per heavy atom. The van der Waals surface area contributed by atoms with Crippen LogP contribution in [0, 0.1) is 11.3 Å². The van der Waals surface area contributed by atoms with Crippen molar-refractivity contribution in [1.29, 1.82) is 0 Å². The van der Waals surface area contributed by atoms with Gasteiger partial charge in [-0.1, -0.05) is 27.2 Å². The van der Waals surface area contributed by atoms with Crippen LogP contribution in [-0.2, 0) is 0 Å². The van der Waals surface area contributed by atoms with Gasteiger partial charge < -0.3 is 5.32 Å². The van der Waals surface area contributed by atoms with E-state index in [9.17, 15) is 13.2 Å². The highest BCUT2D eigenvalue weighted by molar-refractivity contribution is 4.90. The van der Waals surface area contributed by atoms with Gasteiger partial charge in [-0.25, -0.2) is 0 Å². The van der Waals surface area contributed by atoms with Crippen molar-refractivity contribution in [2.45, 2.75) is 84.5 Å². The summed E-state index contributed by atoms with van der Waals surface area (Å²) < 4.78 is 38.4. The minimum Gasteiger partial charge on any atom is -0.309 e. The van der Waals surface area contributed by atoms with Crippen LogP contribution >= 0.6 is 0 Å². The second-order valence-electron chi connectivity index (χ2n) is 7.87. The SMILES string of the molecule is CC(C)(C)CC(C)(C)NC1CCCC(C(F)(F)F)C1. The minimum atomic E-state index is -4.03. The van der Waals surface area contributed by atoms with Crippen LogP contribution in [0.5, 0.6) is 0 Å². The number of nitrogens with one attached hydrogen (secondary N) is 1. The van der Waals surface area contributed by atoms with Gasteiger partial charge in [0.2, 0.25) is 0 Å². The topological polar surface area (TPSA) is 12.0 Å². The Kier molecular flexibility index (Phi) is 4.98. The maximum atomic E-state index is 12.8. The quantitative estimate of drug-likeness (QED) is 0.774. The van der Waals surface area contributed by atoms with Crippen LogP contribution in [0.25, 0.3) is 0 Å². The number of alkyl halides is 3. The van der Waals surface area contributed by atoms with Gasteiger partial charge >= 0.3 is 6.18 Å². The van der Waals surface area contributed by atoms with Gasteiger partial charge in [-0.3, -0.25) is 0 Å². The van der Waals surface area contributed by atoms with Gasteiger partial charge in [-0.2, -0.15) is 13.2 Å². The van der Waals surface area contributed by atoms with E-state index in [2.05, 4.69) is 39.9 Å². The Labute approximate surface area is 115 Å². The molecule has 4 heteroatoms. The van der Waals surface area contributed by atoms with Crippen molar-refractivity contribution in [1.82, 2.24) is 5.32 Å². The van der Waals surface area contributed by atoms with E-state index < -0.39 is 12.1 Å². The lowest BCUT2D eigenvalue weighted by atomic mass is 9.79. The molecule has 1 aliphatic rings. The van der Waals surface area contributed by atoms with Gasteiger partial charge in [0.25, 0.3) is 0 Å². The fraction of sp³-hybridized carbons (Fsp3) is 1.00. The minimum absolute atomic E-state index is 0.00211. The molecule has 114 valence electrons. The van der Waals surface area contributed by atoms with E-state index >= 15 is 0 Å². The van der Waals surface area contributed by atoms with Crippen molar-refractivity contribution in [2.24, 2.45) is 11.3 Å². The lowest BCUT2D eigenvalue weighted by molar-refractivity contribution is -0.184. The highest BCUT2D eigenvalue weighted by atomic mass is 19.4. The van der Waals surface area contributed by atoms with E-state index in [-0.39, 0.29) is 23.4 Å². The van der Waals surface area contributed by atoms with Crippen molar-refractivity contribution >= 4 is 0 Å². The molecule has 0 heterocycles. The largest absolute Gasteiger partial charge is 0.391 e. The molecule has 0 aromatic carbocycles. The molecule has 1 rings (SSSR count). The molecule has 19 heavy (non-hydrogen) atoms. The van der Waals surface area contributed by atoms with Gasteiger partial charge in [-0.05, 0) is 44.9 Å². The molecule has 0 spiro atoms. The zero-order valence-corrected chi connectivity index (χ0v) is 12.8. The van der Waals surface area contributed by atoms with Crippen molar-refractivity contribution in [2.75, 3.05) is 0 Å². The first-order valence-corrected chi connectivity index (χ1v) is 7.23. The van der Waals surface area contributed by atoms with Gasteiger partial charge in [0, 0.05) is 11.6 Å². The maximum absolute atomic E-state index is 12.8. The molecule has 1 saturated carbocycles. The van der Waals surface area contributed by atoms with E-state index in [0.29, 0.717) is 12.8 Å². The molecule has 1 nitrogen and oxygen atoms in total. The zero-order valence-electron chi connectivity index (χ0n) is 12.8. The van der Waals surface area contributed by atoms with E-state index in [0.717, 1.165) is 12.8 Å². The first-order chi connectivity index (χ1) is 8.39. The van der Waals surface area contributed by atoms with Crippen LogP contribution < -0.4 is 5.32 Å². The first kappa shape index (κ1) is 16.8. The molecule has 1 aliphatic carbocycles. The van der Waals surface area contributed by atoms with Gasteiger partial charge in [-0.15, -0.1) is 0 Å². The molecular formula is C15H28F3N. The summed E-state index contributed by atoms with van der Waals surface area (Å²) in [6.45, 7) is 10.7. The maximum Gasteiger partial charge on any atom is 0.391 e. The third kappa shape index (κ3) is 6.15. The molecule has 0 bridgehead atoms. The molecule has 1 N–H and O–H groups in total. The van der Waals surface area contributed by atoms with Gasteiger partial charge in [0.05, 0.1) is 5.92 Å². The predicted octanol–water partition coefficient (Wildman–Crippen LogP) is 4.91. The molecule has 0 aromatic heterocycles. The summed E-state index contributed by atoms with van der Waals surface area (Å²) >= 11 is 0. The number of rotatable bonds is 3. The molecule has 0 aromatic rings. The Bertz CT molecular complexity index is 289. The molecule has 2 unspecified atom stereocenters. The summed E-state index contributed by atoms with van der Waals surface area (Å²) in [6.07, 6.45) is -1.02. The second-order valence-corrected chi connectivity index (χ2v) is 7.87. The lowest BCUT2D eigenvalue weighted by Gasteiger charge is -2.40. The molecule has 0 radical (unpaired) electrons. The molecule has 2 atom stereocenters. The summed E-state index contributed by atoms with van der Waals surface area (Å²) in [5.41, 5.74) is 0.0605. The molecule has 0 saturated heterocycles. The highest BCUT2D eigenvalue weighted by Crippen LogP contribution is 2.38. The van der Waals surface area contributed by atoms with Crippen LogP contribution in [0.3, 0.4) is 0 Å². The summed E-state index contributed by atoms with van der Waals surface area (Å²) in [5.74, 6) is -1.12. The monoisotopic (exact) mass is 279 g/mol. The third-order valence-electron chi connectivity index (χ3n) is 3.70. The Hall–Kier alpha value is -0.250. The molecular weight excluding hydrogens is 251 g/mol. The van der Waals surface area contributed by atoms with E-state index in [4.69, 9.17) is 0 Å². The van der Waals surface area contributed by atoms with E-state index in [1.165, 1.54) is 0 Å². The van der Waals surface area contributed by atoms with Crippen molar-refractivity contribution < 1.29 is 13.2 Å². The predicted molar refractivity (Wildman–Crippen MR) is 73.1 cm³/mol. The second kappa shape index (κ2) is 5.63. The number of halogens is 3. The smallest absolute Gasteiger partial charge is 0.309 e. The Morgan fingerprint density at radius 1 is 1.00 bits per heavy atom. The van der Waals surface area contributed by atoms with Gasteiger partial charge in [0.15, 0.2) is 0 Å². The fourth-order valence-corrected chi connectivity index (χ4v) is 3.55. The van der Waals surface area contributed by atoms with Crippen LogP contribution in [0.1, 0.15) is 66.7 Å². The van der Waals surface area contributed by atoms with Crippen LogP contribution in [0.4, 0.5) is 13.2 Å². The number of hydrogen-bond acceptors (Lipinski definition) is 1. The molecule has 1 fully saturated rings. The van der Waals surface area contributed by atoms with Crippen molar-refractivity contribution in [3.8, 4) is 0 Å². The number of hydrogen-bond donors (Lipinski definition) is 1. The highest BCUT2D eigenvalue weighted by Gasteiger charge is 2.43. The average Bonchev–Trinajstić information content (AvgIpc) is 2.11. The fourth-order valence-electron chi connectivity index (χ4n) is 3.55. The van der Waals surface area contributed by atoms with E-state index in [1.807, 2.05) is 0 Å². The standard InChI is InChI=1S/C15H28F3N/c1-13(2,3)10-14(4,5)19-12-8-6-7-11(9-12)15(16,17)18/h11-12,19H,6-10H2,1-5H3. The third-order valence-corrected chi connectivity index (χ3v) is 3.70. The Balaban J connectivity index is 2.57.